The largest absolute Gasteiger partial charge is 0.479 e. The third-order valence-electron chi connectivity index (χ3n) is 4.56. The molecule has 1 aromatic rings. The van der Waals surface area contributed by atoms with Crippen LogP contribution in [0.2, 0.25) is 10.0 Å². The second-order valence-electron chi connectivity index (χ2n) is 6.23. The van der Waals surface area contributed by atoms with Gasteiger partial charge in [0.25, 0.3) is 17.7 Å². The number of rotatable bonds is 5. The van der Waals surface area contributed by atoms with Crippen molar-refractivity contribution in [2.45, 2.75) is 32.3 Å². The summed E-state index contributed by atoms with van der Waals surface area (Å²) in [5, 5.41) is 1.56. The third-order valence-corrected chi connectivity index (χ3v) is 5.10. The Hall–Kier alpha value is -2.05. The van der Waals surface area contributed by atoms with Crippen molar-refractivity contribution in [2.75, 3.05) is 0 Å². The maximum Gasteiger partial charge on any atom is 0.279 e. The lowest BCUT2D eigenvalue weighted by Crippen LogP contribution is -2.51. The van der Waals surface area contributed by atoms with Crippen LogP contribution in [0.1, 0.15) is 26.2 Å². The molecule has 6 nitrogen and oxygen atoms in total. The summed E-state index contributed by atoms with van der Waals surface area (Å²) < 4.78 is 5.65. The Bertz CT molecular complexity index is 754. The fraction of sp³-hybridized carbons (Fsp3) is 0.389. The Morgan fingerprint density at radius 2 is 1.85 bits per heavy atom. The van der Waals surface area contributed by atoms with Crippen molar-refractivity contribution < 1.29 is 19.1 Å². The number of ether oxygens (including phenoxy) is 1. The van der Waals surface area contributed by atoms with Crippen LogP contribution in [0.3, 0.4) is 0 Å². The third kappa shape index (κ3) is 3.57. The van der Waals surface area contributed by atoms with Gasteiger partial charge >= 0.3 is 0 Å². The topological polar surface area (TPSA) is 75.7 Å². The number of imide groups is 1. The molecule has 26 heavy (non-hydrogen) atoms. The molecule has 1 heterocycles. The van der Waals surface area contributed by atoms with E-state index in [1.54, 1.807) is 19.1 Å². The predicted octanol–water partition coefficient (Wildman–Crippen LogP) is 3.13. The first-order valence-electron chi connectivity index (χ1n) is 8.37. The van der Waals surface area contributed by atoms with Gasteiger partial charge < -0.3 is 4.74 Å². The molecule has 1 aliphatic carbocycles. The molecule has 0 unspecified atom stereocenters. The van der Waals surface area contributed by atoms with E-state index < -0.39 is 23.8 Å². The lowest BCUT2D eigenvalue weighted by atomic mass is 9.85. The van der Waals surface area contributed by atoms with Gasteiger partial charge in [-0.05, 0) is 31.4 Å². The molecule has 0 aromatic heterocycles. The van der Waals surface area contributed by atoms with Crippen LogP contribution in [-0.2, 0) is 14.4 Å². The number of hydrogen-bond donors (Lipinski definition) is 1. The quantitative estimate of drug-likeness (QED) is 0.612. The van der Waals surface area contributed by atoms with E-state index in [-0.39, 0.29) is 17.6 Å². The van der Waals surface area contributed by atoms with Gasteiger partial charge in [0.05, 0.1) is 16.9 Å². The maximum atomic E-state index is 12.6. The number of nitrogens with zero attached hydrogens (tertiary/aromatic N) is 1. The van der Waals surface area contributed by atoms with Crippen LogP contribution in [0, 0.1) is 11.8 Å². The summed E-state index contributed by atoms with van der Waals surface area (Å²) >= 11 is 12.0. The standard InChI is InChI=1S/C18H18Cl2N2O4/c1-2-14(26-15-9-10(19)7-8-13(15)20)16(23)21-22-17(24)11-5-3-4-6-12(11)18(22)25/h3-4,7-9,11-12,14H,2,5-6H2,1H3,(H,21,23)/t11-,12+,14-/m1/s1. The van der Waals surface area contributed by atoms with Gasteiger partial charge in [-0.25, -0.2) is 0 Å². The van der Waals surface area contributed by atoms with E-state index in [1.165, 1.54) is 6.07 Å². The van der Waals surface area contributed by atoms with Crippen molar-refractivity contribution in [3.63, 3.8) is 0 Å². The minimum absolute atomic E-state index is 0.262. The predicted molar refractivity (Wildman–Crippen MR) is 96.5 cm³/mol. The highest BCUT2D eigenvalue weighted by Crippen LogP contribution is 2.34. The molecule has 138 valence electrons. The fourth-order valence-corrected chi connectivity index (χ4v) is 3.46. The molecule has 3 amide bonds. The maximum absolute atomic E-state index is 12.6. The van der Waals surface area contributed by atoms with Gasteiger partial charge in [0.15, 0.2) is 6.10 Å². The van der Waals surface area contributed by atoms with E-state index in [4.69, 9.17) is 27.9 Å². The average molecular weight is 397 g/mol. The van der Waals surface area contributed by atoms with E-state index in [9.17, 15) is 14.4 Å². The monoisotopic (exact) mass is 396 g/mol. The number of amides is 3. The number of nitrogens with one attached hydrogen (secondary N) is 1. The fourth-order valence-electron chi connectivity index (χ4n) is 3.14. The Balaban J connectivity index is 1.70. The van der Waals surface area contributed by atoms with Gasteiger partial charge in [-0.3, -0.25) is 19.8 Å². The first kappa shape index (κ1) is 18.7. The van der Waals surface area contributed by atoms with Gasteiger partial charge in [-0.2, -0.15) is 5.01 Å². The summed E-state index contributed by atoms with van der Waals surface area (Å²) in [5.74, 6) is -1.90. The summed E-state index contributed by atoms with van der Waals surface area (Å²) in [7, 11) is 0. The molecule has 1 fully saturated rings. The minimum Gasteiger partial charge on any atom is -0.479 e. The highest BCUT2D eigenvalue weighted by molar-refractivity contribution is 6.34. The molecule has 1 N–H and O–H groups in total. The van der Waals surface area contributed by atoms with E-state index in [2.05, 4.69) is 5.43 Å². The van der Waals surface area contributed by atoms with Crippen molar-refractivity contribution in [3.05, 3.63) is 40.4 Å². The number of hydrazine groups is 1. The van der Waals surface area contributed by atoms with Crippen molar-refractivity contribution in [2.24, 2.45) is 11.8 Å². The lowest BCUT2D eigenvalue weighted by molar-refractivity contribution is -0.151. The van der Waals surface area contributed by atoms with Crippen molar-refractivity contribution in [1.82, 2.24) is 10.4 Å². The van der Waals surface area contributed by atoms with Gasteiger partial charge in [-0.1, -0.05) is 42.3 Å². The number of hydrogen-bond acceptors (Lipinski definition) is 4. The van der Waals surface area contributed by atoms with Crippen LogP contribution >= 0.6 is 23.2 Å². The molecule has 0 saturated carbocycles. The van der Waals surface area contributed by atoms with Crippen LogP contribution < -0.4 is 10.2 Å². The molecule has 3 rings (SSSR count). The van der Waals surface area contributed by atoms with Gasteiger partial charge in [0, 0.05) is 11.1 Å². The molecule has 1 aliphatic heterocycles. The Kier molecular flexibility index (Phi) is 5.53. The molecule has 1 aromatic carbocycles. The SMILES string of the molecule is CC[C@@H](Oc1cc(Cl)ccc1Cl)C(=O)NN1C(=O)[C@H]2CC=CC[C@H]2C1=O. The number of allylic oxidation sites excluding steroid dienone is 2. The zero-order valence-electron chi connectivity index (χ0n) is 14.1. The van der Waals surface area contributed by atoms with Crippen molar-refractivity contribution >= 4 is 40.9 Å². The number of halogens is 2. The molecule has 2 aliphatic rings. The first-order valence-corrected chi connectivity index (χ1v) is 9.13. The highest BCUT2D eigenvalue weighted by atomic mass is 35.5. The Labute approximate surface area is 161 Å². The molecule has 8 heteroatoms. The summed E-state index contributed by atoms with van der Waals surface area (Å²) in [6.07, 6.45) is 4.18. The number of carbonyl (C=O) groups excluding carboxylic acids is 3. The molecular formula is C18H18Cl2N2O4. The van der Waals surface area contributed by atoms with Crippen molar-refractivity contribution in [3.8, 4) is 5.75 Å². The molecule has 1 saturated heterocycles. The molecule has 0 spiro atoms. The Morgan fingerprint density at radius 1 is 1.23 bits per heavy atom. The van der Waals surface area contributed by atoms with Crippen LogP contribution in [0.4, 0.5) is 0 Å². The van der Waals surface area contributed by atoms with Crippen LogP contribution in [-0.4, -0.2) is 28.8 Å². The van der Waals surface area contributed by atoms with Crippen LogP contribution in [0.25, 0.3) is 0 Å². The summed E-state index contributed by atoms with van der Waals surface area (Å²) in [5.41, 5.74) is 2.41. The van der Waals surface area contributed by atoms with Gasteiger partial charge in [0.2, 0.25) is 0 Å². The zero-order chi connectivity index (χ0) is 18.8. The molecule has 3 atom stereocenters. The van der Waals surface area contributed by atoms with Crippen LogP contribution in [0.5, 0.6) is 5.75 Å². The van der Waals surface area contributed by atoms with E-state index in [1.807, 2.05) is 12.2 Å². The summed E-state index contributed by atoms with van der Waals surface area (Å²) in [4.78, 5) is 37.4. The van der Waals surface area contributed by atoms with Crippen molar-refractivity contribution in [1.29, 1.82) is 0 Å². The van der Waals surface area contributed by atoms with E-state index in [0.717, 1.165) is 5.01 Å². The smallest absolute Gasteiger partial charge is 0.279 e. The van der Waals surface area contributed by atoms with Gasteiger partial charge in [0.1, 0.15) is 5.75 Å². The van der Waals surface area contributed by atoms with Gasteiger partial charge in [-0.15, -0.1) is 0 Å². The molecule has 0 bridgehead atoms. The zero-order valence-corrected chi connectivity index (χ0v) is 15.6. The number of carbonyl (C=O) groups is 3. The molecule has 0 radical (unpaired) electrons. The van der Waals surface area contributed by atoms with E-state index >= 15 is 0 Å². The summed E-state index contributed by atoms with van der Waals surface area (Å²) in [6, 6.07) is 4.68. The highest BCUT2D eigenvalue weighted by Gasteiger charge is 2.48. The summed E-state index contributed by atoms with van der Waals surface area (Å²) in [6.45, 7) is 1.75. The Morgan fingerprint density at radius 3 is 2.42 bits per heavy atom. The normalized spacial score (nSPS) is 23.0. The average Bonchev–Trinajstić information content (AvgIpc) is 2.87. The number of fused-ring (bicyclic) bond motifs is 1. The lowest BCUT2D eigenvalue weighted by Gasteiger charge is -2.22. The van der Waals surface area contributed by atoms with E-state index in [0.29, 0.717) is 29.3 Å². The first-order chi connectivity index (χ1) is 12.4. The molecular weight excluding hydrogens is 379 g/mol. The number of benzene rings is 1. The second kappa shape index (κ2) is 7.68. The van der Waals surface area contributed by atoms with Crippen LogP contribution in [0.15, 0.2) is 30.4 Å². The minimum atomic E-state index is -0.924. The second-order valence-corrected chi connectivity index (χ2v) is 7.08.